The highest BCUT2D eigenvalue weighted by atomic mass is 79.9. The zero-order valence-corrected chi connectivity index (χ0v) is 8.99. The van der Waals surface area contributed by atoms with Crippen molar-refractivity contribution in [3.05, 3.63) is 33.5 Å². The molecule has 0 bridgehead atoms. The van der Waals surface area contributed by atoms with E-state index in [1.807, 2.05) is 0 Å². The van der Waals surface area contributed by atoms with Gasteiger partial charge in [0.1, 0.15) is 5.82 Å². The van der Waals surface area contributed by atoms with Crippen molar-refractivity contribution in [2.45, 2.75) is 5.25 Å². The van der Waals surface area contributed by atoms with Crippen LogP contribution >= 0.6 is 27.7 Å². The number of carbonyl (C=O) groups excluding carboxylic acids is 1. The van der Waals surface area contributed by atoms with Gasteiger partial charge in [0.2, 0.25) is 0 Å². The van der Waals surface area contributed by atoms with Gasteiger partial charge in [0, 0.05) is 21.0 Å². The maximum absolute atomic E-state index is 13.5. The Morgan fingerprint density at radius 2 is 2.31 bits per heavy atom. The summed E-state index contributed by atoms with van der Waals surface area (Å²) in [5.41, 5.74) is 0.776. The van der Waals surface area contributed by atoms with E-state index in [9.17, 15) is 9.18 Å². The lowest BCUT2D eigenvalue weighted by Gasteiger charge is -2.03. The lowest BCUT2D eigenvalue weighted by molar-refractivity contribution is 0.111. The van der Waals surface area contributed by atoms with Gasteiger partial charge >= 0.3 is 0 Å². The number of benzene rings is 1. The molecule has 1 heterocycles. The Labute approximate surface area is 87.8 Å². The van der Waals surface area contributed by atoms with Crippen molar-refractivity contribution in [3.63, 3.8) is 0 Å². The van der Waals surface area contributed by atoms with Crippen molar-refractivity contribution in [1.29, 1.82) is 0 Å². The molecule has 0 aliphatic carbocycles. The van der Waals surface area contributed by atoms with Crippen LogP contribution in [0.1, 0.15) is 21.2 Å². The standard InChI is InChI=1S/C9H6BrFOS/c10-6-1-5(3-12)9(11)7(2-6)8-4-13-8/h1-3,8H,4H2. The third kappa shape index (κ3) is 1.79. The summed E-state index contributed by atoms with van der Waals surface area (Å²) in [5, 5.41) is 0.246. The van der Waals surface area contributed by atoms with E-state index < -0.39 is 0 Å². The molecule has 1 nitrogen and oxygen atoms in total. The molecule has 0 amide bonds. The Kier molecular flexibility index (Phi) is 2.43. The minimum atomic E-state index is -0.367. The van der Waals surface area contributed by atoms with Gasteiger partial charge in [0.25, 0.3) is 0 Å². The fraction of sp³-hybridized carbons (Fsp3) is 0.222. The minimum absolute atomic E-state index is 0.136. The molecule has 1 atom stereocenters. The molecule has 0 aromatic heterocycles. The summed E-state index contributed by atoms with van der Waals surface area (Å²) in [6, 6.07) is 3.24. The molecule has 1 aromatic carbocycles. The Morgan fingerprint density at radius 1 is 1.62 bits per heavy atom. The van der Waals surface area contributed by atoms with Crippen LogP contribution < -0.4 is 0 Å². The van der Waals surface area contributed by atoms with Crippen LogP contribution in [0.15, 0.2) is 16.6 Å². The van der Waals surface area contributed by atoms with Crippen molar-refractivity contribution in [2.75, 3.05) is 5.75 Å². The third-order valence-electron chi connectivity index (χ3n) is 1.90. The summed E-state index contributed by atoms with van der Waals surface area (Å²) in [6.07, 6.45) is 0.552. The smallest absolute Gasteiger partial charge is 0.153 e. The highest BCUT2D eigenvalue weighted by Crippen LogP contribution is 2.47. The highest BCUT2D eigenvalue weighted by molar-refractivity contribution is 9.10. The van der Waals surface area contributed by atoms with Crippen LogP contribution in [-0.2, 0) is 0 Å². The molecule has 68 valence electrons. The summed E-state index contributed by atoms with van der Waals surface area (Å²) in [4.78, 5) is 10.5. The van der Waals surface area contributed by atoms with Crippen LogP contribution in [0.4, 0.5) is 4.39 Å². The molecule has 1 saturated heterocycles. The normalized spacial score (nSPS) is 20.0. The molecule has 0 N–H and O–H groups in total. The average molecular weight is 261 g/mol. The average Bonchev–Trinajstić information content (AvgIpc) is 2.91. The maximum Gasteiger partial charge on any atom is 0.153 e. The Morgan fingerprint density at radius 3 is 2.85 bits per heavy atom. The number of rotatable bonds is 2. The molecule has 13 heavy (non-hydrogen) atoms. The molecule has 0 saturated carbocycles. The number of hydrogen-bond donors (Lipinski definition) is 0. The van der Waals surface area contributed by atoms with Gasteiger partial charge < -0.3 is 0 Å². The van der Waals surface area contributed by atoms with Gasteiger partial charge in [-0.15, -0.1) is 0 Å². The quantitative estimate of drug-likeness (QED) is 0.600. The fourth-order valence-corrected chi connectivity index (χ4v) is 2.30. The first-order chi connectivity index (χ1) is 6.22. The zero-order valence-electron chi connectivity index (χ0n) is 6.59. The number of aldehydes is 1. The number of carbonyl (C=O) groups is 1. The Bertz CT molecular complexity index is 363. The molecule has 4 heteroatoms. The summed E-state index contributed by atoms with van der Waals surface area (Å²) >= 11 is 4.94. The molecule has 1 aliphatic heterocycles. The number of thioether (sulfide) groups is 1. The molecule has 1 fully saturated rings. The van der Waals surface area contributed by atoms with E-state index >= 15 is 0 Å². The van der Waals surface area contributed by atoms with Crippen molar-refractivity contribution < 1.29 is 9.18 Å². The largest absolute Gasteiger partial charge is 0.298 e. The molecule has 1 unspecified atom stereocenters. The van der Waals surface area contributed by atoms with Gasteiger partial charge in [-0.2, -0.15) is 11.8 Å². The van der Waals surface area contributed by atoms with E-state index in [1.165, 1.54) is 6.07 Å². The van der Waals surface area contributed by atoms with Crippen LogP contribution in [0.2, 0.25) is 0 Å². The predicted molar refractivity (Wildman–Crippen MR) is 54.7 cm³/mol. The summed E-state index contributed by atoms with van der Waals surface area (Å²) < 4.78 is 14.2. The first-order valence-corrected chi connectivity index (χ1v) is 5.62. The zero-order chi connectivity index (χ0) is 9.42. The SMILES string of the molecule is O=Cc1cc(Br)cc(C2CS2)c1F. The van der Waals surface area contributed by atoms with Crippen LogP contribution in [0.3, 0.4) is 0 Å². The van der Waals surface area contributed by atoms with Gasteiger partial charge in [0.05, 0.1) is 5.56 Å². The predicted octanol–water partition coefficient (Wildman–Crippen LogP) is 3.19. The summed E-state index contributed by atoms with van der Waals surface area (Å²) in [5.74, 6) is 0.583. The van der Waals surface area contributed by atoms with Gasteiger partial charge in [0.15, 0.2) is 6.29 Å². The monoisotopic (exact) mass is 260 g/mol. The molecule has 1 aliphatic rings. The fourth-order valence-electron chi connectivity index (χ4n) is 1.18. The van der Waals surface area contributed by atoms with Gasteiger partial charge in [-0.05, 0) is 12.1 Å². The van der Waals surface area contributed by atoms with Crippen LogP contribution in [0.25, 0.3) is 0 Å². The third-order valence-corrected chi connectivity index (χ3v) is 3.28. The van der Waals surface area contributed by atoms with E-state index in [0.717, 1.165) is 10.2 Å². The number of hydrogen-bond acceptors (Lipinski definition) is 2. The Balaban J connectivity index is 2.53. The molecule has 0 spiro atoms. The molecule has 0 radical (unpaired) electrons. The van der Waals surface area contributed by atoms with Crippen molar-refractivity contribution in [1.82, 2.24) is 0 Å². The molecular weight excluding hydrogens is 255 g/mol. The lowest BCUT2D eigenvalue weighted by Crippen LogP contribution is -1.94. The second-order valence-corrected chi connectivity index (χ2v) is 4.99. The van der Waals surface area contributed by atoms with Gasteiger partial charge in [-0.25, -0.2) is 4.39 Å². The van der Waals surface area contributed by atoms with Gasteiger partial charge in [-0.1, -0.05) is 15.9 Å². The first kappa shape index (κ1) is 9.21. The summed E-state index contributed by atoms with van der Waals surface area (Å²) in [7, 11) is 0. The lowest BCUT2D eigenvalue weighted by atomic mass is 10.1. The van der Waals surface area contributed by atoms with Crippen LogP contribution in [0, 0.1) is 5.82 Å². The molecule has 1 aromatic rings. The van der Waals surface area contributed by atoms with Crippen molar-refractivity contribution >= 4 is 34.0 Å². The van der Waals surface area contributed by atoms with E-state index in [-0.39, 0.29) is 16.6 Å². The molecule has 2 rings (SSSR count). The van der Waals surface area contributed by atoms with E-state index in [0.29, 0.717) is 11.8 Å². The van der Waals surface area contributed by atoms with E-state index in [1.54, 1.807) is 17.8 Å². The van der Waals surface area contributed by atoms with E-state index in [4.69, 9.17) is 0 Å². The number of halogens is 2. The highest BCUT2D eigenvalue weighted by Gasteiger charge is 2.28. The molecular formula is C9H6BrFOS. The van der Waals surface area contributed by atoms with Crippen molar-refractivity contribution in [3.8, 4) is 0 Å². The first-order valence-electron chi connectivity index (χ1n) is 3.78. The van der Waals surface area contributed by atoms with Crippen LogP contribution in [0.5, 0.6) is 0 Å². The van der Waals surface area contributed by atoms with Crippen LogP contribution in [-0.4, -0.2) is 12.0 Å². The maximum atomic E-state index is 13.5. The Hall–Kier alpha value is -0.350. The van der Waals surface area contributed by atoms with Gasteiger partial charge in [-0.3, -0.25) is 4.79 Å². The second-order valence-electron chi connectivity index (χ2n) is 2.84. The van der Waals surface area contributed by atoms with Crippen molar-refractivity contribution in [2.24, 2.45) is 0 Å². The second kappa shape index (κ2) is 3.42. The topological polar surface area (TPSA) is 17.1 Å². The van der Waals surface area contributed by atoms with E-state index in [2.05, 4.69) is 15.9 Å². The minimum Gasteiger partial charge on any atom is -0.298 e. The summed E-state index contributed by atoms with van der Waals surface area (Å²) in [6.45, 7) is 0.